The van der Waals surface area contributed by atoms with E-state index in [1.165, 1.54) is 18.4 Å². The molecule has 3 heteroatoms. The van der Waals surface area contributed by atoms with Crippen molar-refractivity contribution in [1.82, 2.24) is 5.32 Å². The summed E-state index contributed by atoms with van der Waals surface area (Å²) in [5.41, 5.74) is 1.22. The van der Waals surface area contributed by atoms with Crippen molar-refractivity contribution in [2.24, 2.45) is 5.92 Å². The molecule has 106 valence electrons. The van der Waals surface area contributed by atoms with Crippen molar-refractivity contribution in [1.29, 1.82) is 0 Å². The first kappa shape index (κ1) is 14.4. The minimum Gasteiger partial charge on any atom is -0.491 e. The Kier molecular flexibility index (Phi) is 4.83. The molecule has 1 aliphatic rings. The van der Waals surface area contributed by atoms with E-state index < -0.39 is 0 Å². The topological polar surface area (TPSA) is 41.5 Å². The maximum atomic E-state index is 9.85. The van der Waals surface area contributed by atoms with Gasteiger partial charge in [-0.15, -0.1) is 0 Å². The molecule has 2 rings (SSSR count). The second-order valence-electron chi connectivity index (χ2n) is 5.77. The summed E-state index contributed by atoms with van der Waals surface area (Å²) in [4.78, 5) is 0. The summed E-state index contributed by atoms with van der Waals surface area (Å²) in [6.07, 6.45) is 2.37. The molecule has 0 bridgehead atoms. The highest BCUT2D eigenvalue weighted by atomic mass is 16.5. The van der Waals surface area contributed by atoms with Gasteiger partial charge in [0.05, 0.1) is 12.2 Å². The Bertz CT molecular complexity index is 384. The van der Waals surface area contributed by atoms with Crippen LogP contribution in [0.4, 0.5) is 0 Å². The maximum absolute atomic E-state index is 9.85. The minimum atomic E-state index is -0.189. The average molecular weight is 263 g/mol. The zero-order chi connectivity index (χ0) is 13.8. The lowest BCUT2D eigenvalue weighted by atomic mass is 10.1. The van der Waals surface area contributed by atoms with Crippen LogP contribution in [0.3, 0.4) is 0 Å². The van der Waals surface area contributed by atoms with Gasteiger partial charge in [0.1, 0.15) is 5.75 Å². The van der Waals surface area contributed by atoms with Crippen molar-refractivity contribution >= 4 is 0 Å². The predicted molar refractivity (Wildman–Crippen MR) is 77.4 cm³/mol. The van der Waals surface area contributed by atoms with E-state index in [1.54, 1.807) is 0 Å². The summed E-state index contributed by atoms with van der Waals surface area (Å²) in [7, 11) is 0. The van der Waals surface area contributed by atoms with Crippen molar-refractivity contribution in [2.45, 2.75) is 51.9 Å². The Labute approximate surface area is 116 Å². The van der Waals surface area contributed by atoms with Crippen molar-refractivity contribution in [3.8, 4) is 5.75 Å². The quantitative estimate of drug-likeness (QED) is 0.795. The molecule has 1 saturated carbocycles. The van der Waals surface area contributed by atoms with Crippen LogP contribution in [-0.4, -0.2) is 23.9 Å². The van der Waals surface area contributed by atoms with Crippen molar-refractivity contribution in [2.75, 3.05) is 6.54 Å². The molecule has 19 heavy (non-hydrogen) atoms. The number of nitrogens with one attached hydrogen (secondary N) is 1. The van der Waals surface area contributed by atoms with Crippen LogP contribution in [0.15, 0.2) is 24.3 Å². The molecule has 1 fully saturated rings. The standard InChI is InChI=1S/C16H25NO2/c1-11(2)19-15-8-6-13(7-9-15)12(3)17-10-16(18)14-4-5-14/h6-9,11-12,14,16-18H,4-5,10H2,1-3H3. The van der Waals surface area contributed by atoms with Crippen LogP contribution in [0.2, 0.25) is 0 Å². The molecule has 1 aromatic carbocycles. The Balaban J connectivity index is 1.82. The molecule has 2 N–H and O–H groups in total. The lowest BCUT2D eigenvalue weighted by molar-refractivity contribution is 0.145. The molecule has 1 aromatic rings. The van der Waals surface area contributed by atoms with Crippen LogP contribution >= 0.6 is 0 Å². The van der Waals surface area contributed by atoms with Crippen LogP contribution in [0.5, 0.6) is 5.75 Å². The van der Waals surface area contributed by atoms with Crippen LogP contribution in [0.1, 0.15) is 45.2 Å². The minimum absolute atomic E-state index is 0.189. The van der Waals surface area contributed by atoms with E-state index in [4.69, 9.17) is 4.74 Å². The SMILES string of the molecule is CC(C)Oc1ccc(C(C)NCC(O)C2CC2)cc1. The van der Waals surface area contributed by atoms with E-state index in [9.17, 15) is 5.11 Å². The highest BCUT2D eigenvalue weighted by Crippen LogP contribution is 2.32. The van der Waals surface area contributed by atoms with Crippen molar-refractivity contribution in [3.05, 3.63) is 29.8 Å². The molecule has 1 aliphatic carbocycles. The number of aliphatic hydroxyl groups excluding tert-OH is 1. The van der Waals surface area contributed by atoms with Gasteiger partial charge in [-0.3, -0.25) is 0 Å². The first-order valence-electron chi connectivity index (χ1n) is 7.24. The van der Waals surface area contributed by atoms with Gasteiger partial charge in [0.15, 0.2) is 0 Å². The van der Waals surface area contributed by atoms with Gasteiger partial charge in [0.2, 0.25) is 0 Å². The molecular formula is C16H25NO2. The summed E-state index contributed by atoms with van der Waals surface area (Å²) >= 11 is 0. The number of hydrogen-bond acceptors (Lipinski definition) is 3. The van der Waals surface area contributed by atoms with E-state index in [0.29, 0.717) is 12.5 Å². The van der Waals surface area contributed by atoms with Gasteiger partial charge in [-0.2, -0.15) is 0 Å². The summed E-state index contributed by atoms with van der Waals surface area (Å²) in [5, 5.41) is 13.2. The molecular weight excluding hydrogens is 238 g/mol. The summed E-state index contributed by atoms with van der Waals surface area (Å²) in [6, 6.07) is 8.43. The van der Waals surface area contributed by atoms with Crippen LogP contribution in [-0.2, 0) is 0 Å². The molecule has 0 radical (unpaired) electrons. The Morgan fingerprint density at radius 1 is 1.21 bits per heavy atom. The van der Waals surface area contributed by atoms with Gasteiger partial charge < -0.3 is 15.2 Å². The van der Waals surface area contributed by atoms with Crippen LogP contribution in [0, 0.1) is 5.92 Å². The zero-order valence-electron chi connectivity index (χ0n) is 12.1. The Morgan fingerprint density at radius 2 is 1.84 bits per heavy atom. The van der Waals surface area contributed by atoms with Crippen LogP contribution < -0.4 is 10.1 Å². The number of benzene rings is 1. The van der Waals surface area contributed by atoms with Gasteiger partial charge in [-0.05, 0) is 57.2 Å². The van der Waals surface area contributed by atoms with Gasteiger partial charge in [-0.25, -0.2) is 0 Å². The normalized spacial score (nSPS) is 18.4. The summed E-state index contributed by atoms with van der Waals surface area (Å²) < 4.78 is 5.63. The molecule has 2 unspecified atom stereocenters. The zero-order valence-corrected chi connectivity index (χ0v) is 12.1. The van der Waals surface area contributed by atoms with Gasteiger partial charge in [-0.1, -0.05) is 12.1 Å². The first-order chi connectivity index (χ1) is 9.06. The number of rotatable bonds is 7. The lowest BCUT2D eigenvalue weighted by Crippen LogP contribution is -2.30. The fourth-order valence-electron chi connectivity index (χ4n) is 2.17. The predicted octanol–water partition coefficient (Wildman–Crippen LogP) is 2.90. The highest BCUT2D eigenvalue weighted by Gasteiger charge is 2.29. The number of ether oxygens (including phenoxy) is 1. The highest BCUT2D eigenvalue weighted by molar-refractivity contribution is 5.29. The average Bonchev–Trinajstić information content (AvgIpc) is 3.20. The largest absolute Gasteiger partial charge is 0.491 e. The molecule has 0 amide bonds. The monoisotopic (exact) mass is 263 g/mol. The molecule has 0 saturated heterocycles. The third-order valence-corrected chi connectivity index (χ3v) is 3.55. The van der Waals surface area contributed by atoms with E-state index in [0.717, 1.165) is 5.75 Å². The molecule has 0 aliphatic heterocycles. The van der Waals surface area contributed by atoms with E-state index in [2.05, 4.69) is 24.4 Å². The molecule has 2 atom stereocenters. The van der Waals surface area contributed by atoms with E-state index in [-0.39, 0.29) is 18.2 Å². The van der Waals surface area contributed by atoms with Gasteiger partial charge >= 0.3 is 0 Å². The van der Waals surface area contributed by atoms with Crippen LogP contribution in [0.25, 0.3) is 0 Å². The summed E-state index contributed by atoms with van der Waals surface area (Å²) in [5.74, 6) is 1.44. The molecule has 0 aromatic heterocycles. The van der Waals surface area contributed by atoms with Crippen molar-refractivity contribution < 1.29 is 9.84 Å². The third kappa shape index (κ3) is 4.51. The Hall–Kier alpha value is -1.06. The summed E-state index contributed by atoms with van der Waals surface area (Å²) in [6.45, 7) is 6.85. The third-order valence-electron chi connectivity index (χ3n) is 3.55. The van der Waals surface area contributed by atoms with Crippen molar-refractivity contribution in [3.63, 3.8) is 0 Å². The molecule has 0 heterocycles. The fraction of sp³-hybridized carbons (Fsp3) is 0.625. The van der Waals surface area contributed by atoms with Gasteiger partial charge in [0, 0.05) is 12.6 Å². The smallest absolute Gasteiger partial charge is 0.119 e. The van der Waals surface area contributed by atoms with E-state index in [1.807, 2.05) is 26.0 Å². The molecule has 3 nitrogen and oxygen atoms in total. The fourth-order valence-corrected chi connectivity index (χ4v) is 2.17. The second-order valence-corrected chi connectivity index (χ2v) is 5.77. The maximum Gasteiger partial charge on any atom is 0.119 e. The second kappa shape index (κ2) is 6.40. The Morgan fingerprint density at radius 3 is 2.37 bits per heavy atom. The number of aliphatic hydroxyl groups is 1. The van der Waals surface area contributed by atoms with E-state index >= 15 is 0 Å². The molecule has 0 spiro atoms. The number of hydrogen-bond donors (Lipinski definition) is 2. The first-order valence-corrected chi connectivity index (χ1v) is 7.24. The lowest BCUT2D eigenvalue weighted by Gasteiger charge is -2.18. The van der Waals surface area contributed by atoms with Gasteiger partial charge in [0.25, 0.3) is 0 Å².